The van der Waals surface area contributed by atoms with Crippen molar-refractivity contribution in [2.24, 2.45) is 7.05 Å². The summed E-state index contributed by atoms with van der Waals surface area (Å²) in [6, 6.07) is 9.69. The van der Waals surface area contributed by atoms with E-state index in [0.29, 0.717) is 5.69 Å². The van der Waals surface area contributed by atoms with E-state index >= 15 is 0 Å². The van der Waals surface area contributed by atoms with E-state index in [1.54, 1.807) is 12.4 Å². The van der Waals surface area contributed by atoms with E-state index in [9.17, 15) is 4.79 Å². The van der Waals surface area contributed by atoms with Crippen molar-refractivity contribution in [2.45, 2.75) is 6.42 Å². The molecule has 4 nitrogen and oxygen atoms in total. The SMILES string of the molecule is Cn1ccnc1CC(=O)c1nccc2ccccc12. The van der Waals surface area contributed by atoms with Gasteiger partial charge >= 0.3 is 0 Å². The van der Waals surface area contributed by atoms with E-state index in [-0.39, 0.29) is 12.2 Å². The summed E-state index contributed by atoms with van der Waals surface area (Å²) in [5.74, 6) is 0.742. The Balaban J connectivity index is 2.00. The molecule has 0 saturated heterocycles. The Bertz CT molecular complexity index is 740. The zero-order valence-electron chi connectivity index (χ0n) is 10.6. The standard InChI is InChI=1S/C15H13N3O/c1-18-9-8-16-14(18)10-13(19)15-12-5-3-2-4-11(12)6-7-17-15/h2-9H,10H2,1H3. The van der Waals surface area contributed by atoms with Crippen molar-refractivity contribution in [3.63, 3.8) is 0 Å². The van der Waals surface area contributed by atoms with Crippen molar-refractivity contribution in [1.29, 1.82) is 0 Å². The van der Waals surface area contributed by atoms with Crippen LogP contribution >= 0.6 is 0 Å². The van der Waals surface area contributed by atoms with Crippen LogP contribution in [0.3, 0.4) is 0 Å². The van der Waals surface area contributed by atoms with Crippen LogP contribution in [0.15, 0.2) is 48.9 Å². The van der Waals surface area contributed by atoms with Crippen LogP contribution in [0.1, 0.15) is 16.3 Å². The minimum atomic E-state index is -0.00824. The predicted molar refractivity (Wildman–Crippen MR) is 73.0 cm³/mol. The maximum atomic E-state index is 12.4. The number of carbonyl (C=O) groups is 1. The van der Waals surface area contributed by atoms with Gasteiger partial charge in [-0.25, -0.2) is 4.98 Å². The second kappa shape index (κ2) is 4.65. The molecule has 94 valence electrons. The van der Waals surface area contributed by atoms with Crippen molar-refractivity contribution in [3.8, 4) is 0 Å². The summed E-state index contributed by atoms with van der Waals surface area (Å²) in [5.41, 5.74) is 0.515. The molecule has 2 heterocycles. The molecule has 0 radical (unpaired) electrons. The van der Waals surface area contributed by atoms with Crippen LogP contribution in [0.25, 0.3) is 10.8 Å². The quantitative estimate of drug-likeness (QED) is 0.671. The summed E-state index contributed by atoms with van der Waals surface area (Å²) in [5, 5.41) is 1.92. The zero-order chi connectivity index (χ0) is 13.2. The lowest BCUT2D eigenvalue weighted by Gasteiger charge is -2.05. The highest BCUT2D eigenvalue weighted by atomic mass is 16.1. The topological polar surface area (TPSA) is 47.8 Å². The van der Waals surface area contributed by atoms with Gasteiger partial charge in [-0.15, -0.1) is 0 Å². The molecule has 0 N–H and O–H groups in total. The van der Waals surface area contributed by atoms with E-state index in [4.69, 9.17) is 0 Å². The minimum Gasteiger partial charge on any atom is -0.338 e. The van der Waals surface area contributed by atoms with Crippen LogP contribution in [-0.2, 0) is 13.5 Å². The average molecular weight is 251 g/mol. The summed E-state index contributed by atoms with van der Waals surface area (Å²) in [6.45, 7) is 0. The van der Waals surface area contributed by atoms with E-state index in [0.717, 1.165) is 16.6 Å². The van der Waals surface area contributed by atoms with Crippen LogP contribution in [0.4, 0.5) is 0 Å². The van der Waals surface area contributed by atoms with E-state index in [1.807, 2.05) is 48.1 Å². The van der Waals surface area contributed by atoms with Crippen LogP contribution in [0.2, 0.25) is 0 Å². The average Bonchev–Trinajstić information content (AvgIpc) is 2.83. The number of ketones is 1. The Hall–Kier alpha value is -2.49. The van der Waals surface area contributed by atoms with Crippen molar-refractivity contribution >= 4 is 16.6 Å². The first kappa shape index (κ1) is 11.6. The number of benzene rings is 1. The molecule has 2 aromatic heterocycles. The smallest absolute Gasteiger partial charge is 0.189 e. The molecule has 0 amide bonds. The first-order chi connectivity index (χ1) is 9.25. The van der Waals surface area contributed by atoms with Crippen LogP contribution in [-0.4, -0.2) is 20.3 Å². The number of pyridine rings is 1. The molecule has 0 aliphatic carbocycles. The van der Waals surface area contributed by atoms with Gasteiger partial charge in [-0.2, -0.15) is 0 Å². The number of rotatable bonds is 3. The van der Waals surface area contributed by atoms with E-state index in [2.05, 4.69) is 9.97 Å². The molecule has 0 bridgehead atoms. The van der Waals surface area contributed by atoms with Gasteiger partial charge in [-0.3, -0.25) is 9.78 Å². The molecule has 0 atom stereocenters. The summed E-state index contributed by atoms with van der Waals surface area (Å²) < 4.78 is 1.85. The first-order valence-electron chi connectivity index (χ1n) is 6.09. The summed E-state index contributed by atoms with van der Waals surface area (Å²) in [6.07, 6.45) is 5.47. The summed E-state index contributed by atoms with van der Waals surface area (Å²) >= 11 is 0. The first-order valence-corrected chi connectivity index (χ1v) is 6.09. The molecule has 0 spiro atoms. The van der Waals surface area contributed by atoms with Gasteiger partial charge in [0.15, 0.2) is 5.78 Å². The predicted octanol–water partition coefficient (Wildman–Crippen LogP) is 2.39. The highest BCUT2D eigenvalue weighted by Gasteiger charge is 2.14. The molecule has 0 aliphatic rings. The lowest BCUT2D eigenvalue weighted by Crippen LogP contribution is -2.10. The Morgan fingerprint density at radius 1 is 1.16 bits per heavy atom. The Labute approximate surface area is 110 Å². The van der Waals surface area contributed by atoms with Gasteiger partial charge in [-0.05, 0) is 11.5 Å². The van der Waals surface area contributed by atoms with Gasteiger partial charge in [-0.1, -0.05) is 24.3 Å². The highest BCUT2D eigenvalue weighted by Crippen LogP contribution is 2.17. The van der Waals surface area contributed by atoms with E-state index in [1.165, 1.54) is 0 Å². The van der Waals surface area contributed by atoms with Gasteiger partial charge in [0.25, 0.3) is 0 Å². The molecule has 0 fully saturated rings. The third kappa shape index (κ3) is 2.12. The number of imidazole rings is 1. The van der Waals surface area contributed by atoms with Gasteiger partial charge in [0.1, 0.15) is 11.5 Å². The van der Waals surface area contributed by atoms with Gasteiger partial charge in [0.2, 0.25) is 0 Å². The molecule has 4 heteroatoms. The fraction of sp³-hybridized carbons (Fsp3) is 0.133. The van der Waals surface area contributed by atoms with E-state index < -0.39 is 0 Å². The molecule has 3 aromatic rings. The molecule has 0 aliphatic heterocycles. The lowest BCUT2D eigenvalue weighted by molar-refractivity contribution is 0.0987. The third-order valence-corrected chi connectivity index (χ3v) is 3.18. The van der Waals surface area contributed by atoms with Crippen LogP contribution in [0.5, 0.6) is 0 Å². The normalized spacial score (nSPS) is 10.8. The van der Waals surface area contributed by atoms with Gasteiger partial charge in [0.05, 0.1) is 6.42 Å². The molecule has 0 unspecified atom stereocenters. The zero-order valence-corrected chi connectivity index (χ0v) is 10.6. The second-order valence-corrected chi connectivity index (χ2v) is 4.44. The lowest BCUT2D eigenvalue weighted by atomic mass is 10.1. The van der Waals surface area contributed by atoms with Crippen molar-refractivity contribution in [1.82, 2.24) is 14.5 Å². The monoisotopic (exact) mass is 251 g/mol. The van der Waals surface area contributed by atoms with Crippen LogP contribution in [0, 0.1) is 0 Å². The molecule has 0 saturated carbocycles. The van der Waals surface area contributed by atoms with Gasteiger partial charge < -0.3 is 4.57 Å². The molecule has 3 rings (SSSR count). The fourth-order valence-corrected chi connectivity index (χ4v) is 2.14. The molecule has 19 heavy (non-hydrogen) atoms. The second-order valence-electron chi connectivity index (χ2n) is 4.44. The van der Waals surface area contributed by atoms with Gasteiger partial charge in [0, 0.05) is 31.0 Å². The number of hydrogen-bond acceptors (Lipinski definition) is 3. The number of carbonyl (C=O) groups excluding carboxylic acids is 1. The Morgan fingerprint density at radius 2 is 2.00 bits per heavy atom. The molecule has 1 aromatic carbocycles. The number of aryl methyl sites for hydroxylation is 1. The number of fused-ring (bicyclic) bond motifs is 1. The Morgan fingerprint density at radius 3 is 2.79 bits per heavy atom. The fourth-order valence-electron chi connectivity index (χ4n) is 2.14. The highest BCUT2D eigenvalue weighted by molar-refractivity contribution is 6.06. The summed E-state index contributed by atoms with van der Waals surface area (Å²) in [4.78, 5) is 20.8. The van der Waals surface area contributed by atoms with Crippen molar-refractivity contribution < 1.29 is 4.79 Å². The molecular formula is C15H13N3O. The molecular weight excluding hydrogens is 238 g/mol. The maximum absolute atomic E-state index is 12.4. The van der Waals surface area contributed by atoms with Crippen LogP contribution < -0.4 is 0 Å². The Kier molecular flexibility index (Phi) is 2.83. The van der Waals surface area contributed by atoms with Crippen molar-refractivity contribution in [2.75, 3.05) is 0 Å². The maximum Gasteiger partial charge on any atom is 0.189 e. The minimum absolute atomic E-state index is 0.00824. The number of hydrogen-bond donors (Lipinski definition) is 0. The van der Waals surface area contributed by atoms with Crippen molar-refractivity contribution in [3.05, 3.63) is 60.4 Å². The number of nitrogens with zero attached hydrogens (tertiary/aromatic N) is 3. The number of aromatic nitrogens is 3. The third-order valence-electron chi connectivity index (χ3n) is 3.18. The summed E-state index contributed by atoms with van der Waals surface area (Å²) in [7, 11) is 1.88. The number of Topliss-reactive ketones (excluding diaryl/α,β-unsaturated/α-hetero) is 1. The largest absolute Gasteiger partial charge is 0.338 e.